The molecule has 0 amide bonds. The van der Waals surface area contributed by atoms with Crippen LogP contribution in [0.4, 0.5) is 5.69 Å². The van der Waals surface area contributed by atoms with E-state index in [1.165, 1.54) is 4.31 Å². The van der Waals surface area contributed by atoms with E-state index in [1.807, 2.05) is 67.6 Å². The summed E-state index contributed by atoms with van der Waals surface area (Å²) in [4.78, 5) is 8.31. The maximum absolute atomic E-state index is 13.3. The summed E-state index contributed by atoms with van der Waals surface area (Å²) in [5, 5.41) is 0. The molecule has 150 valence electrons. The Bertz CT molecular complexity index is 1210. The van der Waals surface area contributed by atoms with E-state index in [1.54, 1.807) is 36.9 Å². The van der Waals surface area contributed by atoms with Gasteiger partial charge in [0.05, 0.1) is 10.6 Å². The van der Waals surface area contributed by atoms with Gasteiger partial charge in [-0.05, 0) is 77.7 Å². The number of nitrogens with zero attached hydrogens (tertiary/aromatic N) is 3. The van der Waals surface area contributed by atoms with Crippen LogP contribution in [0.25, 0.3) is 22.3 Å². The zero-order valence-electron chi connectivity index (χ0n) is 16.5. The Kier molecular flexibility index (Phi) is 5.59. The lowest BCUT2D eigenvalue weighted by Crippen LogP contribution is -2.30. The van der Waals surface area contributed by atoms with Gasteiger partial charge in [-0.2, -0.15) is 0 Å². The highest BCUT2D eigenvalue weighted by atomic mass is 32.2. The summed E-state index contributed by atoms with van der Waals surface area (Å²) < 4.78 is 28.0. The smallest absolute Gasteiger partial charge is 0.264 e. The lowest BCUT2D eigenvalue weighted by molar-refractivity contribution is 0.592. The van der Waals surface area contributed by atoms with Gasteiger partial charge < -0.3 is 0 Å². The van der Waals surface area contributed by atoms with Gasteiger partial charge >= 0.3 is 0 Å². The summed E-state index contributed by atoms with van der Waals surface area (Å²) in [5.41, 5.74) is 4.62. The van der Waals surface area contributed by atoms with Crippen molar-refractivity contribution in [2.75, 3.05) is 10.8 Å². The molecule has 5 nitrogen and oxygen atoms in total. The minimum atomic E-state index is -3.67. The van der Waals surface area contributed by atoms with Gasteiger partial charge in [-0.1, -0.05) is 24.3 Å². The molecule has 0 aliphatic carbocycles. The molecule has 2 aromatic heterocycles. The Morgan fingerprint density at radius 3 is 1.47 bits per heavy atom. The first-order chi connectivity index (χ1) is 14.6. The molecule has 2 heterocycles. The van der Waals surface area contributed by atoms with E-state index in [2.05, 4.69) is 9.97 Å². The van der Waals surface area contributed by atoms with Crippen LogP contribution >= 0.6 is 0 Å². The summed E-state index contributed by atoms with van der Waals surface area (Å²) in [6, 6.07) is 22.1. The van der Waals surface area contributed by atoms with E-state index >= 15 is 0 Å². The van der Waals surface area contributed by atoms with Gasteiger partial charge in [0, 0.05) is 31.3 Å². The molecule has 0 aliphatic rings. The second-order valence-electron chi connectivity index (χ2n) is 6.71. The third-order valence-corrected chi connectivity index (χ3v) is 6.83. The Morgan fingerprint density at radius 1 is 0.633 bits per heavy atom. The zero-order chi connectivity index (χ0) is 21.0. The number of anilines is 1. The minimum absolute atomic E-state index is 0.264. The van der Waals surface area contributed by atoms with Crippen molar-refractivity contribution in [1.82, 2.24) is 9.97 Å². The summed E-state index contributed by atoms with van der Waals surface area (Å²) in [7, 11) is -3.67. The van der Waals surface area contributed by atoms with Crippen LogP contribution in [0.3, 0.4) is 0 Å². The Labute approximate surface area is 176 Å². The largest absolute Gasteiger partial charge is 0.267 e. The summed E-state index contributed by atoms with van der Waals surface area (Å²) in [6.07, 6.45) is 6.91. The molecular weight excluding hydrogens is 394 g/mol. The van der Waals surface area contributed by atoms with Crippen molar-refractivity contribution in [3.63, 3.8) is 0 Å². The fourth-order valence-corrected chi connectivity index (χ4v) is 4.82. The maximum atomic E-state index is 13.3. The fraction of sp³-hybridized carbons (Fsp3) is 0.0833. The van der Waals surface area contributed by atoms with Crippen LogP contribution in [0.15, 0.2) is 102 Å². The van der Waals surface area contributed by atoms with Crippen LogP contribution in [0, 0.1) is 0 Å². The molecule has 4 aromatic rings. The third-order valence-electron chi connectivity index (χ3n) is 4.91. The van der Waals surface area contributed by atoms with Crippen LogP contribution in [-0.2, 0) is 10.0 Å². The van der Waals surface area contributed by atoms with Crippen molar-refractivity contribution >= 4 is 15.7 Å². The lowest BCUT2D eigenvalue weighted by atomic mass is 10.1. The molecule has 4 rings (SSSR count). The molecule has 0 saturated heterocycles. The van der Waals surface area contributed by atoms with Crippen molar-refractivity contribution in [3.05, 3.63) is 97.6 Å². The topological polar surface area (TPSA) is 63.2 Å². The quantitative estimate of drug-likeness (QED) is 0.443. The fourth-order valence-electron chi connectivity index (χ4n) is 3.35. The Hall–Kier alpha value is -3.51. The van der Waals surface area contributed by atoms with Gasteiger partial charge in [0.25, 0.3) is 10.0 Å². The van der Waals surface area contributed by atoms with Crippen molar-refractivity contribution in [2.45, 2.75) is 11.8 Å². The molecule has 0 radical (unpaired) electrons. The van der Waals surface area contributed by atoms with Gasteiger partial charge in [0.15, 0.2) is 0 Å². The molecule has 0 saturated carbocycles. The monoisotopic (exact) mass is 415 g/mol. The highest BCUT2D eigenvalue weighted by Crippen LogP contribution is 2.28. The molecule has 0 aliphatic heterocycles. The average molecular weight is 416 g/mol. The van der Waals surface area contributed by atoms with E-state index in [0.29, 0.717) is 12.2 Å². The van der Waals surface area contributed by atoms with E-state index in [-0.39, 0.29) is 4.90 Å². The second kappa shape index (κ2) is 8.47. The first-order valence-corrected chi connectivity index (χ1v) is 11.1. The van der Waals surface area contributed by atoms with Crippen LogP contribution in [0.1, 0.15) is 6.92 Å². The molecule has 0 unspecified atom stereocenters. The standard InChI is InChI=1S/C24H21N3O2S/c1-2-27(23-7-3-19(4-8-23)21-11-15-25-16-12-21)30(28,29)24-9-5-20(6-10-24)22-13-17-26-18-14-22/h3-18H,2H2,1H3. The van der Waals surface area contributed by atoms with Gasteiger partial charge in [-0.3, -0.25) is 14.3 Å². The van der Waals surface area contributed by atoms with Crippen LogP contribution in [-0.4, -0.2) is 24.9 Å². The SMILES string of the molecule is CCN(c1ccc(-c2ccncc2)cc1)S(=O)(=O)c1ccc(-c2ccncc2)cc1. The van der Waals surface area contributed by atoms with Gasteiger partial charge in [0.2, 0.25) is 0 Å². The molecule has 30 heavy (non-hydrogen) atoms. The van der Waals surface area contributed by atoms with Crippen LogP contribution < -0.4 is 4.31 Å². The molecule has 0 spiro atoms. The number of rotatable bonds is 6. The van der Waals surface area contributed by atoms with Gasteiger partial charge in [-0.15, -0.1) is 0 Å². The predicted octanol–water partition coefficient (Wildman–Crippen LogP) is 5.03. The number of hydrogen-bond donors (Lipinski definition) is 0. The summed E-state index contributed by atoms with van der Waals surface area (Å²) in [6.45, 7) is 2.17. The maximum Gasteiger partial charge on any atom is 0.264 e. The Balaban J connectivity index is 1.62. The van der Waals surface area contributed by atoms with Crippen molar-refractivity contribution in [2.24, 2.45) is 0 Å². The molecule has 6 heteroatoms. The van der Waals surface area contributed by atoms with E-state index in [0.717, 1.165) is 22.3 Å². The van der Waals surface area contributed by atoms with Crippen molar-refractivity contribution in [3.8, 4) is 22.3 Å². The van der Waals surface area contributed by atoms with E-state index in [9.17, 15) is 8.42 Å². The van der Waals surface area contributed by atoms with Crippen molar-refractivity contribution < 1.29 is 8.42 Å². The summed E-state index contributed by atoms with van der Waals surface area (Å²) in [5.74, 6) is 0. The first-order valence-electron chi connectivity index (χ1n) is 9.63. The van der Waals surface area contributed by atoms with Gasteiger partial charge in [-0.25, -0.2) is 8.42 Å². The number of sulfonamides is 1. The van der Waals surface area contributed by atoms with Crippen molar-refractivity contribution in [1.29, 1.82) is 0 Å². The highest BCUT2D eigenvalue weighted by Gasteiger charge is 2.23. The second-order valence-corrected chi connectivity index (χ2v) is 8.58. The van der Waals surface area contributed by atoms with E-state index in [4.69, 9.17) is 0 Å². The normalized spacial score (nSPS) is 11.2. The molecule has 0 N–H and O–H groups in total. The Morgan fingerprint density at radius 2 is 1.03 bits per heavy atom. The molecule has 0 bridgehead atoms. The number of pyridine rings is 2. The highest BCUT2D eigenvalue weighted by molar-refractivity contribution is 7.92. The van der Waals surface area contributed by atoms with Gasteiger partial charge in [0.1, 0.15) is 0 Å². The molecular formula is C24H21N3O2S. The first kappa shape index (κ1) is 19.8. The predicted molar refractivity (Wildman–Crippen MR) is 120 cm³/mol. The average Bonchev–Trinajstić information content (AvgIpc) is 2.81. The zero-order valence-corrected chi connectivity index (χ0v) is 17.3. The number of aromatic nitrogens is 2. The number of benzene rings is 2. The summed E-state index contributed by atoms with van der Waals surface area (Å²) >= 11 is 0. The van der Waals surface area contributed by atoms with Crippen LogP contribution in [0.5, 0.6) is 0 Å². The molecule has 0 fully saturated rings. The number of hydrogen-bond acceptors (Lipinski definition) is 4. The molecule has 0 atom stereocenters. The van der Waals surface area contributed by atoms with Crippen LogP contribution in [0.2, 0.25) is 0 Å². The molecule has 2 aromatic carbocycles. The minimum Gasteiger partial charge on any atom is -0.267 e. The lowest BCUT2D eigenvalue weighted by Gasteiger charge is -2.23. The third kappa shape index (κ3) is 3.95. The van der Waals surface area contributed by atoms with E-state index < -0.39 is 10.0 Å².